The van der Waals surface area contributed by atoms with E-state index in [0.29, 0.717) is 18.2 Å². The highest BCUT2D eigenvalue weighted by atomic mass is 35.5. The molecule has 0 aliphatic heterocycles. The molecule has 1 amide bonds. The van der Waals surface area contributed by atoms with Crippen LogP contribution in [0.15, 0.2) is 71.3 Å². The number of halogens is 1. The number of aryl methyl sites for hydroxylation is 1. The first-order valence-electron chi connectivity index (χ1n) is 9.35. The van der Waals surface area contributed by atoms with Gasteiger partial charge in [-0.25, -0.2) is 4.98 Å². The molecule has 0 atom stereocenters. The van der Waals surface area contributed by atoms with Crippen LogP contribution in [0.3, 0.4) is 0 Å². The van der Waals surface area contributed by atoms with Gasteiger partial charge in [0.25, 0.3) is 5.91 Å². The van der Waals surface area contributed by atoms with E-state index in [-0.39, 0.29) is 11.7 Å². The molecule has 0 saturated carbocycles. The predicted molar refractivity (Wildman–Crippen MR) is 111 cm³/mol. The number of ether oxygens (including phenoxy) is 1. The molecule has 148 valence electrons. The molecule has 2 heterocycles. The Hall–Kier alpha value is -3.25. The number of nitrogens with one attached hydrogen (secondary N) is 1. The van der Waals surface area contributed by atoms with E-state index in [4.69, 9.17) is 20.8 Å². The molecule has 0 fully saturated rings. The molecule has 0 aliphatic rings. The van der Waals surface area contributed by atoms with Crippen molar-refractivity contribution >= 4 is 28.5 Å². The summed E-state index contributed by atoms with van der Waals surface area (Å²) in [5.41, 5.74) is 1.93. The number of amides is 1. The topological polar surface area (TPSA) is 69.3 Å². The number of furan rings is 1. The quantitative estimate of drug-likeness (QED) is 0.429. The van der Waals surface area contributed by atoms with E-state index < -0.39 is 0 Å². The van der Waals surface area contributed by atoms with Gasteiger partial charge in [0.05, 0.1) is 30.4 Å². The summed E-state index contributed by atoms with van der Waals surface area (Å²) in [5.74, 6) is 1.59. The lowest BCUT2D eigenvalue weighted by atomic mass is 10.3. The van der Waals surface area contributed by atoms with Gasteiger partial charge in [0.15, 0.2) is 5.76 Å². The monoisotopic (exact) mass is 409 g/mol. The smallest absolute Gasteiger partial charge is 0.287 e. The molecule has 0 radical (unpaired) electrons. The molecule has 2 aromatic heterocycles. The van der Waals surface area contributed by atoms with Crippen LogP contribution in [0.25, 0.3) is 11.0 Å². The van der Waals surface area contributed by atoms with Crippen molar-refractivity contribution in [2.45, 2.75) is 19.5 Å². The fourth-order valence-electron chi connectivity index (χ4n) is 3.11. The maximum atomic E-state index is 12.2. The first kappa shape index (κ1) is 19.1. The van der Waals surface area contributed by atoms with Crippen molar-refractivity contribution in [2.24, 2.45) is 0 Å². The third-order valence-electron chi connectivity index (χ3n) is 4.49. The van der Waals surface area contributed by atoms with Gasteiger partial charge in [-0.1, -0.05) is 23.7 Å². The summed E-state index contributed by atoms with van der Waals surface area (Å²) in [5, 5.41) is 3.55. The van der Waals surface area contributed by atoms with Gasteiger partial charge >= 0.3 is 0 Å². The van der Waals surface area contributed by atoms with E-state index in [1.807, 2.05) is 36.4 Å². The van der Waals surface area contributed by atoms with Crippen LogP contribution in [-0.4, -0.2) is 22.1 Å². The average molecular weight is 410 g/mol. The Morgan fingerprint density at radius 3 is 2.72 bits per heavy atom. The fourth-order valence-corrected chi connectivity index (χ4v) is 3.23. The van der Waals surface area contributed by atoms with E-state index in [9.17, 15) is 4.79 Å². The summed E-state index contributed by atoms with van der Waals surface area (Å²) in [7, 11) is 0. The number of para-hydroxylation sites is 2. The summed E-state index contributed by atoms with van der Waals surface area (Å²) < 4.78 is 13.0. The molecule has 2 aromatic carbocycles. The highest BCUT2D eigenvalue weighted by molar-refractivity contribution is 6.30. The molecule has 7 heteroatoms. The van der Waals surface area contributed by atoms with Crippen molar-refractivity contribution in [3.05, 3.63) is 83.5 Å². The Bertz CT molecular complexity index is 1090. The van der Waals surface area contributed by atoms with E-state index >= 15 is 0 Å². The minimum Gasteiger partial charge on any atom is -0.494 e. The Labute approximate surface area is 173 Å². The Balaban J connectivity index is 1.42. The molecule has 6 nitrogen and oxygen atoms in total. The first-order valence-corrected chi connectivity index (χ1v) is 9.73. The summed E-state index contributed by atoms with van der Waals surface area (Å²) in [6.45, 7) is 1.60. The van der Waals surface area contributed by atoms with Crippen LogP contribution in [0.2, 0.25) is 5.02 Å². The highest BCUT2D eigenvalue weighted by Crippen LogP contribution is 2.18. The minimum absolute atomic E-state index is 0.264. The standard InChI is InChI=1S/C22H20ClN3O3/c23-16-8-10-17(11-9-16)28-14-4-12-26-19-6-2-1-5-18(19)25-21(26)15-24-22(27)20-7-3-13-29-20/h1-3,5-11,13H,4,12,14-15H2,(H,24,27). The van der Waals surface area contributed by atoms with Gasteiger partial charge in [0, 0.05) is 11.6 Å². The van der Waals surface area contributed by atoms with E-state index in [1.54, 1.807) is 24.3 Å². The third-order valence-corrected chi connectivity index (χ3v) is 4.75. The van der Waals surface area contributed by atoms with Gasteiger partial charge in [0.1, 0.15) is 11.6 Å². The molecular weight excluding hydrogens is 390 g/mol. The van der Waals surface area contributed by atoms with Gasteiger partial charge in [-0.05, 0) is 55.0 Å². The molecule has 0 saturated heterocycles. The summed E-state index contributed by atoms with van der Waals surface area (Å²) in [6.07, 6.45) is 2.27. The molecule has 0 unspecified atom stereocenters. The normalized spacial score (nSPS) is 10.9. The number of nitrogens with zero attached hydrogens (tertiary/aromatic N) is 2. The predicted octanol–water partition coefficient (Wildman–Crippen LogP) is 4.68. The molecule has 4 rings (SSSR count). The lowest BCUT2D eigenvalue weighted by Gasteiger charge is -2.11. The van der Waals surface area contributed by atoms with Crippen LogP contribution in [0, 0.1) is 0 Å². The van der Waals surface area contributed by atoms with E-state index in [1.165, 1.54) is 6.26 Å². The van der Waals surface area contributed by atoms with Gasteiger partial charge in [-0.2, -0.15) is 0 Å². The second-order valence-electron chi connectivity index (χ2n) is 6.48. The van der Waals surface area contributed by atoms with Crippen molar-refractivity contribution in [2.75, 3.05) is 6.61 Å². The van der Waals surface area contributed by atoms with Crippen LogP contribution in [0.5, 0.6) is 5.75 Å². The number of carbonyl (C=O) groups excluding carboxylic acids is 1. The zero-order valence-corrected chi connectivity index (χ0v) is 16.4. The van der Waals surface area contributed by atoms with Crippen molar-refractivity contribution < 1.29 is 13.9 Å². The van der Waals surface area contributed by atoms with Crippen molar-refractivity contribution in [1.82, 2.24) is 14.9 Å². The third kappa shape index (κ3) is 4.60. The highest BCUT2D eigenvalue weighted by Gasteiger charge is 2.13. The van der Waals surface area contributed by atoms with E-state index in [2.05, 4.69) is 14.9 Å². The fraction of sp³-hybridized carbons (Fsp3) is 0.182. The molecule has 29 heavy (non-hydrogen) atoms. The van der Waals surface area contributed by atoms with Crippen molar-refractivity contribution in [3.8, 4) is 5.75 Å². The van der Waals surface area contributed by atoms with Crippen LogP contribution < -0.4 is 10.1 Å². The van der Waals surface area contributed by atoms with Crippen molar-refractivity contribution in [3.63, 3.8) is 0 Å². The number of carbonyl (C=O) groups is 1. The van der Waals surface area contributed by atoms with Crippen LogP contribution in [0.1, 0.15) is 22.8 Å². The van der Waals surface area contributed by atoms with Crippen LogP contribution in [0.4, 0.5) is 0 Å². The number of rotatable bonds is 8. The zero-order chi connectivity index (χ0) is 20.1. The largest absolute Gasteiger partial charge is 0.494 e. The second-order valence-corrected chi connectivity index (χ2v) is 6.92. The van der Waals surface area contributed by atoms with Crippen molar-refractivity contribution in [1.29, 1.82) is 0 Å². The van der Waals surface area contributed by atoms with Crippen LogP contribution in [-0.2, 0) is 13.1 Å². The SMILES string of the molecule is O=C(NCc1nc2ccccc2n1CCCOc1ccc(Cl)cc1)c1ccco1. The summed E-state index contributed by atoms with van der Waals surface area (Å²) in [6, 6.07) is 18.6. The minimum atomic E-state index is -0.264. The first-order chi connectivity index (χ1) is 14.2. The number of fused-ring (bicyclic) bond motifs is 1. The van der Waals surface area contributed by atoms with Gasteiger partial charge < -0.3 is 19.0 Å². The van der Waals surface area contributed by atoms with E-state index in [0.717, 1.165) is 35.6 Å². The molecule has 1 N–H and O–H groups in total. The Kier molecular flexibility index (Phi) is 5.81. The molecular formula is C22H20ClN3O3. The van der Waals surface area contributed by atoms with Gasteiger partial charge in [-0.15, -0.1) is 0 Å². The molecule has 0 spiro atoms. The second kappa shape index (κ2) is 8.84. The number of hydrogen-bond acceptors (Lipinski definition) is 4. The molecule has 0 bridgehead atoms. The molecule has 4 aromatic rings. The average Bonchev–Trinajstić information content (AvgIpc) is 3.39. The maximum Gasteiger partial charge on any atom is 0.287 e. The number of benzene rings is 2. The lowest BCUT2D eigenvalue weighted by Crippen LogP contribution is -2.24. The summed E-state index contributed by atoms with van der Waals surface area (Å²) in [4.78, 5) is 16.9. The Morgan fingerprint density at radius 2 is 1.93 bits per heavy atom. The van der Waals surface area contributed by atoms with Gasteiger partial charge in [0.2, 0.25) is 0 Å². The maximum absolute atomic E-state index is 12.2. The number of imidazole rings is 1. The number of aromatic nitrogens is 2. The Morgan fingerprint density at radius 1 is 1.10 bits per heavy atom. The zero-order valence-electron chi connectivity index (χ0n) is 15.7. The number of hydrogen-bond donors (Lipinski definition) is 1. The van der Waals surface area contributed by atoms with Crippen LogP contribution >= 0.6 is 11.6 Å². The summed E-state index contributed by atoms with van der Waals surface area (Å²) >= 11 is 5.90. The van der Waals surface area contributed by atoms with Gasteiger partial charge in [-0.3, -0.25) is 4.79 Å². The molecule has 0 aliphatic carbocycles. The lowest BCUT2D eigenvalue weighted by molar-refractivity contribution is 0.0921.